The van der Waals surface area contributed by atoms with Crippen LogP contribution in [0.25, 0.3) is 5.65 Å². The molecule has 4 heteroatoms. The Morgan fingerprint density at radius 3 is 2.71 bits per heavy atom. The molecule has 2 aromatic heterocycles. The fraction of sp³-hybridized carbons (Fsp3) is 0.412. The van der Waals surface area contributed by atoms with Gasteiger partial charge in [-0.05, 0) is 44.7 Å². The summed E-state index contributed by atoms with van der Waals surface area (Å²) >= 11 is 0. The summed E-state index contributed by atoms with van der Waals surface area (Å²) in [4.78, 5) is 19.4. The fourth-order valence-corrected chi connectivity index (χ4v) is 3.83. The van der Waals surface area contributed by atoms with Crippen molar-refractivity contribution in [3.63, 3.8) is 0 Å². The molecule has 2 aliphatic rings. The molecule has 2 aromatic rings. The van der Waals surface area contributed by atoms with Gasteiger partial charge >= 0.3 is 0 Å². The smallest absolute Gasteiger partial charge is 0.259 e. The summed E-state index contributed by atoms with van der Waals surface area (Å²) in [7, 11) is 0. The predicted molar refractivity (Wildman–Crippen MR) is 83.7 cm³/mol. The maximum absolute atomic E-state index is 12.3. The second-order valence-corrected chi connectivity index (χ2v) is 6.03. The molecule has 2 unspecified atom stereocenters. The van der Waals surface area contributed by atoms with E-state index in [0.717, 1.165) is 24.3 Å². The zero-order valence-corrected chi connectivity index (χ0v) is 12.2. The van der Waals surface area contributed by atoms with Crippen LogP contribution >= 0.6 is 0 Å². The van der Waals surface area contributed by atoms with E-state index in [-0.39, 0.29) is 5.56 Å². The molecule has 21 heavy (non-hydrogen) atoms. The van der Waals surface area contributed by atoms with Gasteiger partial charge in [-0.25, -0.2) is 4.98 Å². The molecule has 2 aliphatic heterocycles. The van der Waals surface area contributed by atoms with Crippen molar-refractivity contribution < 1.29 is 0 Å². The van der Waals surface area contributed by atoms with E-state index < -0.39 is 0 Å². The summed E-state index contributed by atoms with van der Waals surface area (Å²) in [5.74, 6) is 0.855. The van der Waals surface area contributed by atoms with E-state index in [0.29, 0.717) is 12.1 Å². The van der Waals surface area contributed by atoms with E-state index in [9.17, 15) is 4.79 Å². The quantitative estimate of drug-likeness (QED) is 0.754. The zero-order valence-electron chi connectivity index (χ0n) is 12.2. The molecule has 4 rings (SSSR count). The summed E-state index contributed by atoms with van der Waals surface area (Å²) in [6.07, 6.45) is 8.67. The Labute approximate surface area is 123 Å². The lowest BCUT2D eigenvalue weighted by atomic mass is 9.96. The molecule has 108 valence electrons. The van der Waals surface area contributed by atoms with Gasteiger partial charge in [0.1, 0.15) is 11.5 Å². The maximum atomic E-state index is 12.3. The van der Waals surface area contributed by atoms with E-state index in [1.165, 1.54) is 12.8 Å². The molecule has 0 N–H and O–H groups in total. The normalized spacial score (nSPS) is 24.6. The number of pyridine rings is 1. The highest BCUT2D eigenvalue weighted by molar-refractivity contribution is 5.51. The minimum Gasteiger partial charge on any atom is -0.350 e. The molecule has 2 bridgehead atoms. The van der Waals surface area contributed by atoms with Crippen LogP contribution in [-0.2, 0) is 0 Å². The molecule has 2 saturated heterocycles. The fourth-order valence-electron chi connectivity index (χ4n) is 3.83. The summed E-state index contributed by atoms with van der Waals surface area (Å²) in [6.45, 7) is 2.13. The van der Waals surface area contributed by atoms with Crippen LogP contribution in [0.2, 0.25) is 0 Å². The van der Waals surface area contributed by atoms with Crippen LogP contribution in [0, 0.1) is 0 Å². The highest BCUT2D eigenvalue weighted by Crippen LogP contribution is 2.40. The van der Waals surface area contributed by atoms with Crippen LogP contribution in [0.5, 0.6) is 0 Å². The van der Waals surface area contributed by atoms with Crippen LogP contribution in [0.1, 0.15) is 32.6 Å². The molecule has 4 nitrogen and oxygen atoms in total. The minimum atomic E-state index is 0.00632. The van der Waals surface area contributed by atoms with Gasteiger partial charge in [0, 0.05) is 24.3 Å². The van der Waals surface area contributed by atoms with Gasteiger partial charge in [0.15, 0.2) is 0 Å². The average Bonchev–Trinajstić information content (AvgIpc) is 2.77. The molecule has 4 heterocycles. The maximum Gasteiger partial charge on any atom is 0.259 e. The number of nitrogens with zero attached hydrogens (tertiary/aromatic N) is 3. The summed E-state index contributed by atoms with van der Waals surface area (Å²) in [5.41, 5.74) is 2.29. The first-order valence-corrected chi connectivity index (χ1v) is 7.67. The third kappa shape index (κ3) is 1.97. The molecule has 0 radical (unpaired) electrons. The lowest BCUT2D eigenvalue weighted by Gasteiger charge is -2.37. The molecule has 0 spiro atoms. The van der Waals surface area contributed by atoms with Crippen LogP contribution in [0.15, 0.2) is 46.9 Å². The minimum absolute atomic E-state index is 0.00632. The van der Waals surface area contributed by atoms with Gasteiger partial charge in [-0.3, -0.25) is 9.20 Å². The van der Waals surface area contributed by atoms with Gasteiger partial charge in [0.2, 0.25) is 0 Å². The Morgan fingerprint density at radius 1 is 1.24 bits per heavy atom. The number of rotatable bonds is 1. The monoisotopic (exact) mass is 281 g/mol. The van der Waals surface area contributed by atoms with Crippen LogP contribution in [-0.4, -0.2) is 21.5 Å². The number of piperidine rings is 1. The van der Waals surface area contributed by atoms with Crippen molar-refractivity contribution >= 4 is 11.5 Å². The molecular weight excluding hydrogens is 262 g/mol. The first-order valence-electron chi connectivity index (χ1n) is 7.67. The lowest BCUT2D eigenvalue weighted by Crippen LogP contribution is -2.41. The van der Waals surface area contributed by atoms with Crippen molar-refractivity contribution in [2.45, 2.75) is 44.7 Å². The van der Waals surface area contributed by atoms with Crippen molar-refractivity contribution in [1.82, 2.24) is 9.38 Å². The summed E-state index contributed by atoms with van der Waals surface area (Å²) in [5, 5.41) is 0. The Hall–Kier alpha value is -2.10. The van der Waals surface area contributed by atoms with Crippen LogP contribution in [0.4, 0.5) is 5.82 Å². The van der Waals surface area contributed by atoms with Gasteiger partial charge in [-0.1, -0.05) is 17.7 Å². The molecule has 0 aliphatic carbocycles. The van der Waals surface area contributed by atoms with Gasteiger partial charge < -0.3 is 4.90 Å². The SMILES string of the molecule is CC=C1CC2CCC(C1)N2c1cc(=O)n2ccccc2n1. The largest absolute Gasteiger partial charge is 0.350 e. The molecule has 2 fully saturated rings. The summed E-state index contributed by atoms with van der Waals surface area (Å²) in [6, 6.07) is 8.39. The Kier molecular flexibility index (Phi) is 2.84. The second-order valence-electron chi connectivity index (χ2n) is 6.03. The van der Waals surface area contributed by atoms with Gasteiger partial charge in [0.25, 0.3) is 5.56 Å². The van der Waals surface area contributed by atoms with E-state index >= 15 is 0 Å². The molecule has 0 saturated carbocycles. The molecular formula is C17H19N3O. The predicted octanol–water partition coefficient (Wildman–Crippen LogP) is 2.77. The van der Waals surface area contributed by atoms with Crippen LogP contribution < -0.4 is 10.5 Å². The molecule has 0 amide bonds. The second kappa shape index (κ2) is 4.72. The van der Waals surface area contributed by atoms with E-state index in [2.05, 4.69) is 17.9 Å². The zero-order chi connectivity index (χ0) is 14.4. The highest BCUT2D eigenvalue weighted by Gasteiger charge is 2.39. The van der Waals surface area contributed by atoms with E-state index in [1.54, 1.807) is 22.2 Å². The number of aromatic nitrogens is 2. The topological polar surface area (TPSA) is 37.6 Å². The number of hydrogen-bond acceptors (Lipinski definition) is 3. The van der Waals surface area contributed by atoms with Gasteiger partial charge in [0.05, 0.1) is 0 Å². The van der Waals surface area contributed by atoms with Crippen molar-refractivity contribution in [1.29, 1.82) is 0 Å². The van der Waals surface area contributed by atoms with Gasteiger partial charge in [-0.2, -0.15) is 0 Å². The Morgan fingerprint density at radius 2 is 2.00 bits per heavy atom. The number of hydrogen-bond donors (Lipinski definition) is 0. The summed E-state index contributed by atoms with van der Waals surface area (Å²) < 4.78 is 1.60. The lowest BCUT2D eigenvalue weighted by molar-refractivity contribution is 0.543. The average molecular weight is 281 g/mol. The van der Waals surface area contributed by atoms with E-state index in [4.69, 9.17) is 4.98 Å². The van der Waals surface area contributed by atoms with Crippen molar-refractivity contribution in [3.05, 3.63) is 52.5 Å². The van der Waals surface area contributed by atoms with E-state index in [1.807, 2.05) is 18.2 Å². The van der Waals surface area contributed by atoms with Crippen molar-refractivity contribution in [2.75, 3.05) is 4.90 Å². The van der Waals surface area contributed by atoms with Gasteiger partial charge in [-0.15, -0.1) is 0 Å². The first kappa shape index (κ1) is 12.6. The third-order valence-electron chi connectivity index (χ3n) is 4.85. The highest BCUT2D eigenvalue weighted by atomic mass is 16.1. The standard InChI is InChI=1S/C17H19N3O/c1-2-12-9-13-6-7-14(10-12)20(13)16-11-17(21)19-8-4-3-5-15(19)18-16/h2-5,8,11,13-14H,6-7,9-10H2,1H3. The molecule has 0 aromatic carbocycles. The number of fused-ring (bicyclic) bond motifs is 3. The Balaban J connectivity index is 1.79. The third-order valence-corrected chi connectivity index (χ3v) is 4.85. The van der Waals surface area contributed by atoms with Crippen molar-refractivity contribution in [3.8, 4) is 0 Å². The first-order chi connectivity index (χ1) is 10.3. The van der Waals surface area contributed by atoms with Crippen molar-refractivity contribution in [2.24, 2.45) is 0 Å². The van der Waals surface area contributed by atoms with Crippen LogP contribution in [0.3, 0.4) is 0 Å². The molecule has 2 atom stereocenters. The Bertz CT molecular complexity index is 761. The number of anilines is 1. The number of allylic oxidation sites excluding steroid dienone is 1.